The molecule has 0 radical (unpaired) electrons. The Labute approximate surface area is 120 Å². The fraction of sp³-hybridized carbons (Fsp3) is 0.133. The number of aliphatic hydroxyl groups is 1. The standard InChI is InChI=1S/C15H12ClFN2O/c16-15-10(4-3-5-12(15)17)8-14(20)11-9-18-19-7-2-1-6-13(11)19/h1-7,9,14,20H,8H2. The Morgan fingerprint density at radius 2 is 2.10 bits per heavy atom. The smallest absolute Gasteiger partial charge is 0.142 e. The van der Waals surface area contributed by atoms with Gasteiger partial charge in [-0.15, -0.1) is 0 Å². The van der Waals surface area contributed by atoms with Gasteiger partial charge in [0, 0.05) is 18.2 Å². The SMILES string of the molecule is OC(Cc1cccc(F)c1Cl)c1cnn2ccccc12. The maximum atomic E-state index is 13.4. The molecule has 3 rings (SSSR count). The number of nitrogens with zero attached hydrogens (tertiary/aromatic N) is 2. The van der Waals surface area contributed by atoms with Crippen LogP contribution in [0.4, 0.5) is 4.39 Å². The summed E-state index contributed by atoms with van der Waals surface area (Å²) in [5.41, 5.74) is 2.10. The summed E-state index contributed by atoms with van der Waals surface area (Å²) < 4.78 is 15.1. The highest BCUT2D eigenvalue weighted by Gasteiger charge is 2.16. The molecule has 0 spiro atoms. The van der Waals surface area contributed by atoms with Gasteiger partial charge in [0.05, 0.1) is 22.8 Å². The molecule has 102 valence electrons. The number of halogens is 2. The second kappa shape index (κ2) is 5.23. The van der Waals surface area contributed by atoms with Crippen LogP contribution in [0.25, 0.3) is 5.52 Å². The Balaban J connectivity index is 1.93. The highest BCUT2D eigenvalue weighted by atomic mass is 35.5. The van der Waals surface area contributed by atoms with E-state index in [0.29, 0.717) is 11.1 Å². The second-order valence-corrected chi connectivity index (χ2v) is 4.94. The first-order valence-corrected chi connectivity index (χ1v) is 6.58. The van der Waals surface area contributed by atoms with E-state index in [4.69, 9.17) is 11.6 Å². The minimum absolute atomic E-state index is 0.0584. The molecule has 0 saturated carbocycles. The van der Waals surface area contributed by atoms with Gasteiger partial charge in [0.15, 0.2) is 0 Å². The summed E-state index contributed by atoms with van der Waals surface area (Å²) >= 11 is 5.91. The first-order chi connectivity index (χ1) is 9.66. The number of rotatable bonds is 3. The van der Waals surface area contributed by atoms with Crippen molar-refractivity contribution in [2.24, 2.45) is 0 Å². The van der Waals surface area contributed by atoms with E-state index in [9.17, 15) is 9.50 Å². The predicted molar refractivity (Wildman–Crippen MR) is 75.3 cm³/mol. The molecule has 0 saturated heterocycles. The third-order valence-corrected chi connectivity index (χ3v) is 3.68. The molecule has 2 aromatic heterocycles. The predicted octanol–water partition coefficient (Wildman–Crippen LogP) is 3.40. The fourth-order valence-electron chi connectivity index (χ4n) is 2.24. The zero-order chi connectivity index (χ0) is 14.1. The number of hydrogen-bond acceptors (Lipinski definition) is 2. The van der Waals surface area contributed by atoms with E-state index in [-0.39, 0.29) is 11.4 Å². The van der Waals surface area contributed by atoms with E-state index < -0.39 is 11.9 Å². The molecule has 0 bridgehead atoms. The van der Waals surface area contributed by atoms with Crippen LogP contribution in [0, 0.1) is 5.82 Å². The summed E-state index contributed by atoms with van der Waals surface area (Å²) in [5, 5.41) is 14.6. The van der Waals surface area contributed by atoms with Gasteiger partial charge in [0.2, 0.25) is 0 Å². The number of hydrogen-bond donors (Lipinski definition) is 1. The van der Waals surface area contributed by atoms with E-state index in [1.165, 1.54) is 6.07 Å². The monoisotopic (exact) mass is 290 g/mol. The molecule has 20 heavy (non-hydrogen) atoms. The van der Waals surface area contributed by atoms with Gasteiger partial charge in [-0.3, -0.25) is 0 Å². The molecular formula is C15H12ClFN2O. The van der Waals surface area contributed by atoms with Gasteiger partial charge in [-0.25, -0.2) is 8.91 Å². The first kappa shape index (κ1) is 13.1. The van der Waals surface area contributed by atoms with Crippen molar-refractivity contribution in [2.45, 2.75) is 12.5 Å². The molecule has 3 aromatic rings. The van der Waals surface area contributed by atoms with E-state index in [2.05, 4.69) is 5.10 Å². The van der Waals surface area contributed by atoms with Crippen molar-refractivity contribution >= 4 is 17.1 Å². The van der Waals surface area contributed by atoms with Crippen LogP contribution in [0.3, 0.4) is 0 Å². The van der Waals surface area contributed by atoms with Gasteiger partial charge in [-0.05, 0) is 23.8 Å². The molecule has 0 aliphatic heterocycles. The third kappa shape index (κ3) is 2.28. The molecule has 0 amide bonds. The molecule has 1 unspecified atom stereocenters. The van der Waals surface area contributed by atoms with Crippen molar-refractivity contribution in [2.75, 3.05) is 0 Å². The number of benzene rings is 1. The minimum atomic E-state index is -0.783. The van der Waals surface area contributed by atoms with Gasteiger partial charge in [-0.2, -0.15) is 5.10 Å². The Hall–Kier alpha value is -1.91. The first-order valence-electron chi connectivity index (χ1n) is 6.20. The number of aromatic nitrogens is 2. The van der Waals surface area contributed by atoms with Crippen molar-refractivity contribution in [3.63, 3.8) is 0 Å². The summed E-state index contributed by atoms with van der Waals surface area (Å²) in [4.78, 5) is 0. The normalized spacial score (nSPS) is 12.8. The lowest BCUT2D eigenvalue weighted by molar-refractivity contribution is 0.180. The Morgan fingerprint density at radius 1 is 1.25 bits per heavy atom. The van der Waals surface area contributed by atoms with Gasteiger partial charge < -0.3 is 5.11 Å². The highest BCUT2D eigenvalue weighted by Crippen LogP contribution is 2.27. The third-order valence-electron chi connectivity index (χ3n) is 3.26. The largest absolute Gasteiger partial charge is 0.388 e. The molecule has 1 aromatic carbocycles. The molecule has 0 aliphatic rings. The zero-order valence-electron chi connectivity index (χ0n) is 10.5. The summed E-state index contributed by atoms with van der Waals surface area (Å²) in [6.45, 7) is 0. The average molecular weight is 291 g/mol. The van der Waals surface area contributed by atoms with Crippen molar-refractivity contribution in [1.82, 2.24) is 9.61 Å². The Morgan fingerprint density at radius 3 is 2.95 bits per heavy atom. The lowest BCUT2D eigenvalue weighted by Crippen LogP contribution is -2.02. The molecular weight excluding hydrogens is 279 g/mol. The van der Waals surface area contributed by atoms with Crippen molar-refractivity contribution < 1.29 is 9.50 Å². The maximum Gasteiger partial charge on any atom is 0.142 e. The van der Waals surface area contributed by atoms with Gasteiger partial charge in [0.1, 0.15) is 5.82 Å². The molecule has 1 atom stereocenters. The minimum Gasteiger partial charge on any atom is -0.388 e. The van der Waals surface area contributed by atoms with Crippen LogP contribution in [-0.2, 0) is 6.42 Å². The summed E-state index contributed by atoms with van der Waals surface area (Å²) in [6.07, 6.45) is 2.88. The van der Waals surface area contributed by atoms with E-state index >= 15 is 0 Å². The van der Waals surface area contributed by atoms with E-state index in [1.807, 2.05) is 18.2 Å². The topological polar surface area (TPSA) is 37.5 Å². The lowest BCUT2D eigenvalue weighted by atomic mass is 10.0. The Kier molecular flexibility index (Phi) is 3.42. The van der Waals surface area contributed by atoms with Crippen molar-refractivity contribution in [3.8, 4) is 0 Å². The van der Waals surface area contributed by atoms with Crippen molar-refractivity contribution in [1.29, 1.82) is 0 Å². The molecule has 1 N–H and O–H groups in total. The molecule has 2 heterocycles. The van der Waals surface area contributed by atoms with Crippen LogP contribution in [-0.4, -0.2) is 14.7 Å². The molecule has 0 fully saturated rings. The molecule has 5 heteroatoms. The number of pyridine rings is 1. The van der Waals surface area contributed by atoms with E-state index in [1.54, 1.807) is 29.0 Å². The zero-order valence-corrected chi connectivity index (χ0v) is 11.3. The second-order valence-electron chi connectivity index (χ2n) is 4.56. The van der Waals surface area contributed by atoms with Gasteiger partial charge in [-0.1, -0.05) is 29.8 Å². The lowest BCUT2D eigenvalue weighted by Gasteiger charge is -2.11. The van der Waals surface area contributed by atoms with Crippen LogP contribution in [0.5, 0.6) is 0 Å². The average Bonchev–Trinajstić information content (AvgIpc) is 2.88. The number of aliphatic hydroxyl groups excluding tert-OH is 1. The van der Waals surface area contributed by atoms with Crippen LogP contribution < -0.4 is 0 Å². The summed E-state index contributed by atoms with van der Waals surface area (Å²) in [5.74, 6) is -0.476. The van der Waals surface area contributed by atoms with Crippen LogP contribution in [0.2, 0.25) is 5.02 Å². The quantitative estimate of drug-likeness (QED) is 0.803. The Bertz CT molecular complexity index is 756. The highest BCUT2D eigenvalue weighted by molar-refractivity contribution is 6.31. The summed E-state index contributed by atoms with van der Waals surface area (Å²) in [7, 11) is 0. The van der Waals surface area contributed by atoms with Crippen LogP contribution in [0.15, 0.2) is 48.8 Å². The van der Waals surface area contributed by atoms with Gasteiger partial charge in [0.25, 0.3) is 0 Å². The van der Waals surface area contributed by atoms with Crippen LogP contribution in [0.1, 0.15) is 17.2 Å². The molecule has 0 aliphatic carbocycles. The van der Waals surface area contributed by atoms with E-state index in [0.717, 1.165) is 5.52 Å². The van der Waals surface area contributed by atoms with Gasteiger partial charge >= 0.3 is 0 Å². The molecule has 3 nitrogen and oxygen atoms in total. The fourth-order valence-corrected chi connectivity index (χ4v) is 2.44. The summed E-state index contributed by atoms with van der Waals surface area (Å²) in [6, 6.07) is 10.2. The maximum absolute atomic E-state index is 13.4. The number of fused-ring (bicyclic) bond motifs is 1. The van der Waals surface area contributed by atoms with Crippen molar-refractivity contribution in [3.05, 3.63) is 70.8 Å². The van der Waals surface area contributed by atoms with Crippen LogP contribution >= 0.6 is 11.6 Å².